The van der Waals surface area contributed by atoms with Crippen molar-refractivity contribution in [1.82, 2.24) is 14.8 Å². The molecule has 0 atom stereocenters. The molecule has 0 bridgehead atoms. The summed E-state index contributed by atoms with van der Waals surface area (Å²) in [5, 5.41) is 3.93. The van der Waals surface area contributed by atoms with Crippen LogP contribution in [0.1, 0.15) is 30.0 Å². The van der Waals surface area contributed by atoms with Crippen molar-refractivity contribution < 1.29 is 4.42 Å². The lowest BCUT2D eigenvalue weighted by Crippen LogP contribution is -1.90. The maximum atomic E-state index is 5.25. The molecule has 0 aliphatic carbocycles. The molecule has 0 aliphatic heterocycles. The summed E-state index contributed by atoms with van der Waals surface area (Å²) in [6, 6.07) is 1.97. The van der Waals surface area contributed by atoms with E-state index in [1.165, 1.54) is 5.69 Å². The molecule has 0 unspecified atom stereocenters. The Morgan fingerprint density at radius 1 is 1.31 bits per heavy atom. The molecule has 0 saturated heterocycles. The second kappa shape index (κ2) is 5.49. The van der Waals surface area contributed by atoms with E-state index in [2.05, 4.69) is 17.0 Å². The van der Waals surface area contributed by atoms with Crippen LogP contribution >= 0.6 is 0 Å². The van der Waals surface area contributed by atoms with E-state index in [4.69, 9.17) is 4.42 Å². The number of nitrogens with zero attached hydrogens (tertiary/aromatic N) is 3. The summed E-state index contributed by atoms with van der Waals surface area (Å²) in [6.07, 6.45) is 2.72. The van der Waals surface area contributed by atoms with Gasteiger partial charge in [-0.05, 0) is 19.9 Å². The zero-order valence-corrected chi connectivity index (χ0v) is 10.6. The standard InChI is InChI=1S/C7H11NO.C5H8N2/c1-4-7-5(2)8-6(3)9-7;1-5-3-4-6-7(5)2/h4H2,1-3H3;3-4H,1-2H3. The van der Waals surface area contributed by atoms with Gasteiger partial charge in [0.05, 0.1) is 5.69 Å². The van der Waals surface area contributed by atoms with Crippen molar-refractivity contribution in [3.63, 3.8) is 0 Å². The van der Waals surface area contributed by atoms with Crippen molar-refractivity contribution in [2.45, 2.75) is 34.1 Å². The van der Waals surface area contributed by atoms with Crippen molar-refractivity contribution in [2.24, 2.45) is 7.05 Å². The first-order valence-corrected chi connectivity index (χ1v) is 5.42. The Labute approximate surface area is 96.3 Å². The fourth-order valence-electron chi connectivity index (χ4n) is 1.34. The topological polar surface area (TPSA) is 43.9 Å². The minimum absolute atomic E-state index is 0.768. The molecular weight excluding hydrogens is 202 g/mol. The van der Waals surface area contributed by atoms with Gasteiger partial charge in [-0.25, -0.2) is 4.98 Å². The second-order valence-corrected chi connectivity index (χ2v) is 3.69. The van der Waals surface area contributed by atoms with E-state index in [0.717, 1.165) is 23.8 Å². The third-order valence-corrected chi connectivity index (χ3v) is 2.39. The van der Waals surface area contributed by atoms with Gasteiger partial charge in [-0.2, -0.15) is 5.10 Å². The van der Waals surface area contributed by atoms with E-state index in [1.807, 2.05) is 38.6 Å². The summed E-state index contributed by atoms with van der Waals surface area (Å²) in [4.78, 5) is 4.12. The van der Waals surface area contributed by atoms with Crippen LogP contribution in [-0.2, 0) is 13.5 Å². The maximum Gasteiger partial charge on any atom is 0.191 e. The molecule has 88 valence electrons. The van der Waals surface area contributed by atoms with Crippen LogP contribution < -0.4 is 0 Å². The Hall–Kier alpha value is -1.58. The minimum Gasteiger partial charge on any atom is -0.446 e. The predicted molar refractivity (Wildman–Crippen MR) is 63.3 cm³/mol. The monoisotopic (exact) mass is 221 g/mol. The van der Waals surface area contributed by atoms with E-state index in [-0.39, 0.29) is 0 Å². The van der Waals surface area contributed by atoms with Crippen LogP contribution in [0.25, 0.3) is 0 Å². The first-order valence-electron chi connectivity index (χ1n) is 5.42. The van der Waals surface area contributed by atoms with Crippen molar-refractivity contribution in [1.29, 1.82) is 0 Å². The van der Waals surface area contributed by atoms with Gasteiger partial charge in [0.1, 0.15) is 5.76 Å². The van der Waals surface area contributed by atoms with Crippen molar-refractivity contribution >= 4 is 0 Å². The average molecular weight is 221 g/mol. The van der Waals surface area contributed by atoms with Crippen molar-refractivity contribution in [3.05, 3.63) is 35.3 Å². The van der Waals surface area contributed by atoms with Gasteiger partial charge in [-0.3, -0.25) is 4.68 Å². The summed E-state index contributed by atoms with van der Waals surface area (Å²) < 4.78 is 7.09. The third kappa shape index (κ3) is 3.22. The quantitative estimate of drug-likeness (QED) is 0.743. The average Bonchev–Trinajstić information content (AvgIpc) is 2.75. The van der Waals surface area contributed by atoms with E-state index in [1.54, 1.807) is 6.20 Å². The molecule has 2 aromatic rings. The summed E-state index contributed by atoms with van der Waals surface area (Å²) in [5.74, 6) is 1.77. The molecule has 0 spiro atoms. The number of aromatic nitrogens is 3. The summed E-state index contributed by atoms with van der Waals surface area (Å²) in [6.45, 7) is 7.92. The molecule has 0 amide bonds. The summed E-state index contributed by atoms with van der Waals surface area (Å²) >= 11 is 0. The molecule has 16 heavy (non-hydrogen) atoms. The van der Waals surface area contributed by atoms with Gasteiger partial charge < -0.3 is 4.42 Å². The Balaban J connectivity index is 0.000000165. The van der Waals surface area contributed by atoms with Crippen LogP contribution in [0, 0.1) is 20.8 Å². The van der Waals surface area contributed by atoms with E-state index >= 15 is 0 Å². The highest BCUT2D eigenvalue weighted by atomic mass is 16.4. The Kier molecular flexibility index (Phi) is 4.28. The lowest BCUT2D eigenvalue weighted by atomic mass is 10.3. The van der Waals surface area contributed by atoms with Gasteiger partial charge >= 0.3 is 0 Å². The van der Waals surface area contributed by atoms with Crippen LogP contribution in [-0.4, -0.2) is 14.8 Å². The molecule has 0 radical (unpaired) electrons. The fraction of sp³-hybridized carbons (Fsp3) is 0.500. The third-order valence-electron chi connectivity index (χ3n) is 2.39. The number of aryl methyl sites for hydroxylation is 5. The maximum absolute atomic E-state index is 5.25. The fourth-order valence-corrected chi connectivity index (χ4v) is 1.34. The first kappa shape index (κ1) is 12.5. The molecule has 2 rings (SSSR count). The van der Waals surface area contributed by atoms with Gasteiger partial charge in [0, 0.05) is 32.3 Å². The molecule has 0 fully saturated rings. The van der Waals surface area contributed by atoms with Crippen LogP contribution in [0.5, 0.6) is 0 Å². The number of rotatable bonds is 1. The Morgan fingerprint density at radius 3 is 2.19 bits per heavy atom. The first-order chi connectivity index (χ1) is 7.54. The summed E-state index contributed by atoms with van der Waals surface area (Å²) in [7, 11) is 1.93. The highest BCUT2D eigenvalue weighted by molar-refractivity contribution is 5.06. The molecule has 2 heterocycles. The summed E-state index contributed by atoms with van der Waals surface area (Å²) in [5.41, 5.74) is 2.22. The number of hydrogen-bond donors (Lipinski definition) is 0. The molecule has 2 aromatic heterocycles. The predicted octanol–water partition coefficient (Wildman–Crippen LogP) is 2.58. The smallest absolute Gasteiger partial charge is 0.191 e. The largest absolute Gasteiger partial charge is 0.446 e. The van der Waals surface area contributed by atoms with E-state index in [9.17, 15) is 0 Å². The zero-order valence-electron chi connectivity index (χ0n) is 10.6. The molecule has 0 aliphatic rings. The van der Waals surface area contributed by atoms with E-state index < -0.39 is 0 Å². The normalized spacial score (nSPS) is 9.81. The second-order valence-electron chi connectivity index (χ2n) is 3.69. The SMILES string of the molecule is CCc1oc(C)nc1C.Cc1ccnn1C. The van der Waals surface area contributed by atoms with Crippen LogP contribution in [0.4, 0.5) is 0 Å². The zero-order chi connectivity index (χ0) is 12.1. The van der Waals surface area contributed by atoms with Crippen LogP contribution in [0.15, 0.2) is 16.7 Å². The van der Waals surface area contributed by atoms with Gasteiger partial charge in [0.2, 0.25) is 0 Å². The van der Waals surface area contributed by atoms with Gasteiger partial charge in [0.15, 0.2) is 5.89 Å². The molecule has 4 nitrogen and oxygen atoms in total. The molecule has 0 aromatic carbocycles. The van der Waals surface area contributed by atoms with Gasteiger partial charge in [0.25, 0.3) is 0 Å². The Bertz CT molecular complexity index is 426. The Morgan fingerprint density at radius 2 is 2.00 bits per heavy atom. The number of hydrogen-bond acceptors (Lipinski definition) is 3. The number of oxazole rings is 1. The molecule has 4 heteroatoms. The van der Waals surface area contributed by atoms with Crippen LogP contribution in [0.3, 0.4) is 0 Å². The lowest BCUT2D eigenvalue weighted by molar-refractivity contribution is 0.478. The van der Waals surface area contributed by atoms with Gasteiger partial charge in [-0.15, -0.1) is 0 Å². The molecular formula is C12H19N3O. The van der Waals surface area contributed by atoms with Crippen LogP contribution in [0.2, 0.25) is 0 Å². The van der Waals surface area contributed by atoms with Crippen molar-refractivity contribution in [3.8, 4) is 0 Å². The van der Waals surface area contributed by atoms with E-state index in [0.29, 0.717) is 0 Å². The highest BCUT2D eigenvalue weighted by Crippen LogP contribution is 2.08. The highest BCUT2D eigenvalue weighted by Gasteiger charge is 2.01. The lowest BCUT2D eigenvalue weighted by Gasteiger charge is -1.87. The molecule has 0 saturated carbocycles. The minimum atomic E-state index is 0.768. The van der Waals surface area contributed by atoms with Gasteiger partial charge in [-0.1, -0.05) is 6.92 Å². The molecule has 0 N–H and O–H groups in total. The van der Waals surface area contributed by atoms with Crippen molar-refractivity contribution in [2.75, 3.05) is 0 Å².